The Morgan fingerprint density at radius 1 is 1.43 bits per heavy atom. The van der Waals surface area contributed by atoms with Crippen LogP contribution in [0.15, 0.2) is 30.0 Å². The van der Waals surface area contributed by atoms with Crippen LogP contribution < -0.4 is 5.32 Å². The number of phenolic OH excluding ortho intramolecular Hbond substituents is 1. The summed E-state index contributed by atoms with van der Waals surface area (Å²) in [6, 6.07) is 3.64. The highest BCUT2D eigenvalue weighted by Crippen LogP contribution is 2.26. The van der Waals surface area contributed by atoms with E-state index in [4.69, 9.17) is 4.74 Å². The van der Waals surface area contributed by atoms with Crippen LogP contribution in [0.25, 0.3) is 0 Å². The number of ether oxygens (including phenoxy) is 1. The van der Waals surface area contributed by atoms with Crippen molar-refractivity contribution in [2.45, 2.75) is 25.6 Å². The monoisotopic (exact) mass is 339 g/mol. The maximum Gasteiger partial charge on any atom is 0.332 e. The number of thioether (sulfide) groups is 1. The first kappa shape index (κ1) is 18.9. The minimum Gasteiger partial charge on any atom is -0.508 e. The molecule has 0 bridgehead atoms. The molecule has 0 amide bonds. The number of nitrogens with one attached hydrogen (secondary N) is 1. The summed E-state index contributed by atoms with van der Waals surface area (Å²) in [6.45, 7) is 3.54. The molecule has 0 spiro atoms. The number of phenols is 1. The Hall–Kier alpha value is -2.15. The lowest BCUT2D eigenvalue weighted by Crippen LogP contribution is -2.27. The predicted octanol–water partition coefficient (Wildman–Crippen LogP) is 2.44. The third kappa shape index (κ3) is 5.86. The molecule has 0 fully saturated rings. The molecule has 7 heteroatoms. The molecule has 0 heterocycles. The molecule has 0 saturated carbocycles. The first-order chi connectivity index (χ1) is 10.9. The van der Waals surface area contributed by atoms with E-state index in [0.29, 0.717) is 22.6 Å². The third-order valence-electron chi connectivity index (χ3n) is 2.98. The lowest BCUT2D eigenvalue weighted by Gasteiger charge is -2.17. The summed E-state index contributed by atoms with van der Waals surface area (Å²) in [5, 5.41) is 22.0. The van der Waals surface area contributed by atoms with Crippen LogP contribution in [0, 0.1) is 0 Å². The highest BCUT2D eigenvalue weighted by molar-refractivity contribution is 7.97. The number of carboxylic acids is 1. The van der Waals surface area contributed by atoms with E-state index in [1.54, 1.807) is 26.0 Å². The van der Waals surface area contributed by atoms with Crippen LogP contribution in [-0.2, 0) is 20.1 Å². The van der Waals surface area contributed by atoms with Gasteiger partial charge in [-0.2, -0.15) is 11.8 Å². The van der Waals surface area contributed by atoms with E-state index in [0.717, 1.165) is 0 Å². The van der Waals surface area contributed by atoms with Gasteiger partial charge in [-0.05, 0) is 37.8 Å². The number of carbonyl (C=O) groups excluding carboxylic acids is 1. The van der Waals surface area contributed by atoms with Crippen LogP contribution in [0.2, 0.25) is 0 Å². The molecule has 0 aromatic heterocycles. The van der Waals surface area contributed by atoms with Crippen LogP contribution in [0.1, 0.15) is 31.0 Å². The normalized spacial score (nSPS) is 12.6. The standard InChI is InChI=1S/C16H21NO5S/c1-4-22-14(19)7-10(2)17-15(16(20)21)11-5-6-13(18)12(8-11)9-23-3/h5-8,15,17-18H,4,9H2,1-3H3,(H,20,21). The van der Waals surface area contributed by atoms with Crippen molar-refractivity contribution in [3.8, 4) is 5.75 Å². The van der Waals surface area contributed by atoms with Crippen molar-refractivity contribution in [2.75, 3.05) is 12.9 Å². The summed E-state index contributed by atoms with van der Waals surface area (Å²) in [7, 11) is 0. The van der Waals surface area contributed by atoms with Gasteiger partial charge in [0.2, 0.25) is 0 Å². The topological polar surface area (TPSA) is 95.9 Å². The summed E-state index contributed by atoms with van der Waals surface area (Å²) < 4.78 is 4.79. The zero-order valence-corrected chi connectivity index (χ0v) is 14.1. The molecule has 126 valence electrons. The first-order valence-corrected chi connectivity index (χ1v) is 8.43. The zero-order chi connectivity index (χ0) is 17.4. The van der Waals surface area contributed by atoms with Crippen molar-refractivity contribution < 1.29 is 24.5 Å². The van der Waals surface area contributed by atoms with Gasteiger partial charge in [0.05, 0.1) is 6.61 Å². The molecule has 1 atom stereocenters. The molecule has 1 aromatic rings. The molecule has 0 saturated heterocycles. The van der Waals surface area contributed by atoms with Gasteiger partial charge in [-0.3, -0.25) is 0 Å². The maximum atomic E-state index is 11.5. The van der Waals surface area contributed by atoms with Gasteiger partial charge in [0.15, 0.2) is 0 Å². The quantitative estimate of drug-likeness (QED) is 0.494. The van der Waals surface area contributed by atoms with Gasteiger partial charge in [0.1, 0.15) is 11.8 Å². The lowest BCUT2D eigenvalue weighted by molar-refractivity contribution is -0.140. The molecule has 1 rings (SSSR count). The molecule has 3 N–H and O–H groups in total. The van der Waals surface area contributed by atoms with Crippen LogP contribution in [0.4, 0.5) is 0 Å². The van der Waals surface area contributed by atoms with Crippen molar-refractivity contribution >= 4 is 23.7 Å². The van der Waals surface area contributed by atoms with Gasteiger partial charge in [-0.15, -0.1) is 0 Å². The smallest absolute Gasteiger partial charge is 0.332 e. The highest BCUT2D eigenvalue weighted by atomic mass is 32.2. The molecule has 0 aliphatic heterocycles. The molecule has 0 radical (unpaired) electrons. The van der Waals surface area contributed by atoms with Crippen molar-refractivity contribution in [3.05, 3.63) is 41.1 Å². The Balaban J connectivity index is 3.01. The fourth-order valence-corrected chi connectivity index (χ4v) is 2.52. The molecule has 1 unspecified atom stereocenters. The summed E-state index contributed by atoms with van der Waals surface area (Å²) in [4.78, 5) is 22.9. The maximum absolute atomic E-state index is 11.5. The van der Waals surface area contributed by atoms with Crippen molar-refractivity contribution in [1.29, 1.82) is 0 Å². The Bertz CT molecular complexity index is 600. The van der Waals surface area contributed by atoms with E-state index in [9.17, 15) is 19.8 Å². The van der Waals surface area contributed by atoms with Gasteiger partial charge in [-0.25, -0.2) is 9.59 Å². The van der Waals surface area contributed by atoms with E-state index in [2.05, 4.69) is 5.32 Å². The summed E-state index contributed by atoms with van der Waals surface area (Å²) in [5.74, 6) is -0.909. The number of aromatic hydroxyl groups is 1. The van der Waals surface area contributed by atoms with E-state index in [1.807, 2.05) is 6.26 Å². The van der Waals surface area contributed by atoms with Gasteiger partial charge in [0, 0.05) is 23.1 Å². The lowest BCUT2D eigenvalue weighted by atomic mass is 10.0. The van der Waals surface area contributed by atoms with Gasteiger partial charge >= 0.3 is 11.9 Å². The Morgan fingerprint density at radius 3 is 2.70 bits per heavy atom. The summed E-state index contributed by atoms with van der Waals surface area (Å²) >= 11 is 1.53. The molecule has 0 aliphatic rings. The van der Waals surface area contributed by atoms with E-state index >= 15 is 0 Å². The summed E-state index contributed by atoms with van der Waals surface area (Å²) in [5.41, 5.74) is 1.54. The van der Waals surface area contributed by atoms with Gasteiger partial charge < -0.3 is 20.3 Å². The number of rotatable bonds is 8. The average molecular weight is 339 g/mol. The number of benzene rings is 1. The van der Waals surface area contributed by atoms with Crippen LogP contribution in [-0.4, -0.2) is 35.0 Å². The molecule has 1 aromatic carbocycles. The molecule has 0 aliphatic carbocycles. The van der Waals surface area contributed by atoms with E-state index in [-0.39, 0.29) is 12.4 Å². The average Bonchev–Trinajstić information content (AvgIpc) is 2.47. The van der Waals surface area contributed by atoms with Crippen LogP contribution in [0.5, 0.6) is 5.75 Å². The highest BCUT2D eigenvalue weighted by Gasteiger charge is 2.21. The minimum atomic E-state index is -1.08. The SMILES string of the molecule is CCOC(=O)C=C(C)NC(C(=O)O)c1ccc(O)c(CSC)c1. The minimum absolute atomic E-state index is 0.131. The Kier molecular flexibility index (Phi) is 7.47. The number of hydrogen-bond acceptors (Lipinski definition) is 6. The second-order valence-electron chi connectivity index (χ2n) is 4.82. The van der Waals surface area contributed by atoms with Crippen LogP contribution >= 0.6 is 11.8 Å². The number of hydrogen-bond donors (Lipinski definition) is 3. The fourth-order valence-electron chi connectivity index (χ4n) is 1.97. The first-order valence-electron chi connectivity index (χ1n) is 7.04. The Morgan fingerprint density at radius 2 is 2.13 bits per heavy atom. The molecular formula is C16H21NO5S. The van der Waals surface area contributed by atoms with Crippen molar-refractivity contribution in [3.63, 3.8) is 0 Å². The molecule has 23 heavy (non-hydrogen) atoms. The second kappa shape index (κ2) is 9.09. The predicted molar refractivity (Wildman–Crippen MR) is 89.2 cm³/mol. The third-order valence-corrected chi connectivity index (χ3v) is 3.58. The van der Waals surface area contributed by atoms with Gasteiger partial charge in [0.25, 0.3) is 0 Å². The van der Waals surface area contributed by atoms with Crippen molar-refractivity contribution in [2.24, 2.45) is 0 Å². The molecular weight excluding hydrogens is 318 g/mol. The summed E-state index contributed by atoms with van der Waals surface area (Å²) in [6.07, 6.45) is 3.11. The second-order valence-corrected chi connectivity index (χ2v) is 5.68. The Labute approximate surface area is 139 Å². The fraction of sp³-hybridized carbons (Fsp3) is 0.375. The number of esters is 1. The molecule has 6 nitrogen and oxygen atoms in total. The van der Waals surface area contributed by atoms with Crippen LogP contribution in [0.3, 0.4) is 0 Å². The van der Waals surface area contributed by atoms with E-state index in [1.165, 1.54) is 23.9 Å². The largest absolute Gasteiger partial charge is 0.508 e. The number of carboxylic acid groups (broad SMARTS) is 1. The van der Waals surface area contributed by atoms with Gasteiger partial charge in [-0.1, -0.05) is 6.07 Å². The number of aliphatic carboxylic acids is 1. The van der Waals surface area contributed by atoms with E-state index < -0.39 is 18.0 Å². The zero-order valence-electron chi connectivity index (χ0n) is 13.3. The number of carbonyl (C=O) groups is 2. The number of allylic oxidation sites excluding steroid dienone is 1. The van der Waals surface area contributed by atoms with Crippen molar-refractivity contribution in [1.82, 2.24) is 5.32 Å².